The van der Waals surface area contributed by atoms with Gasteiger partial charge in [0.2, 0.25) is 11.8 Å². The molecule has 7 heteroatoms. The first kappa shape index (κ1) is 20.7. The van der Waals surface area contributed by atoms with E-state index in [0.29, 0.717) is 31.1 Å². The Kier molecular flexibility index (Phi) is 7.52. The van der Waals surface area contributed by atoms with E-state index < -0.39 is 5.54 Å². The molecule has 24 heavy (non-hydrogen) atoms. The van der Waals surface area contributed by atoms with Crippen LogP contribution >= 0.6 is 24.0 Å². The zero-order valence-electron chi connectivity index (χ0n) is 14.1. The van der Waals surface area contributed by atoms with Gasteiger partial charge in [-0.2, -0.15) is 0 Å². The highest BCUT2D eigenvalue weighted by Gasteiger charge is 2.35. The topological polar surface area (TPSA) is 66.6 Å². The van der Waals surface area contributed by atoms with Crippen LogP contribution in [-0.4, -0.2) is 46.8 Å². The predicted octanol–water partition coefficient (Wildman–Crippen LogP) is 2.45. The van der Waals surface area contributed by atoms with Gasteiger partial charge in [-0.3, -0.25) is 9.59 Å². The number of nitrogens with two attached hydrogens (primary N) is 1. The normalized spacial score (nSPS) is 17.2. The monoisotopic (exact) mass is 373 g/mol. The van der Waals surface area contributed by atoms with E-state index in [-0.39, 0.29) is 30.8 Å². The Hall–Kier alpha value is -1.30. The first-order valence-electron chi connectivity index (χ1n) is 7.94. The second-order valence-corrected chi connectivity index (χ2v) is 6.77. The summed E-state index contributed by atoms with van der Waals surface area (Å²) in [7, 11) is 0. The summed E-state index contributed by atoms with van der Waals surface area (Å²) in [5.74, 6) is -0.189. The summed E-state index contributed by atoms with van der Waals surface area (Å²) in [6.45, 7) is 5.41. The quantitative estimate of drug-likeness (QED) is 0.861. The van der Waals surface area contributed by atoms with Crippen molar-refractivity contribution in [2.45, 2.75) is 38.8 Å². The molecule has 134 valence electrons. The van der Waals surface area contributed by atoms with Crippen LogP contribution in [0, 0.1) is 0 Å². The van der Waals surface area contributed by atoms with Crippen LogP contribution in [0.15, 0.2) is 24.3 Å². The largest absolute Gasteiger partial charge is 0.335 e. The van der Waals surface area contributed by atoms with Crippen molar-refractivity contribution in [3.05, 3.63) is 34.9 Å². The molecule has 1 fully saturated rings. The summed E-state index contributed by atoms with van der Waals surface area (Å²) in [5, 5.41) is 0.675. The van der Waals surface area contributed by atoms with Gasteiger partial charge >= 0.3 is 0 Å². The van der Waals surface area contributed by atoms with Crippen LogP contribution in [0.2, 0.25) is 5.02 Å². The second-order valence-electron chi connectivity index (χ2n) is 6.34. The van der Waals surface area contributed by atoms with E-state index >= 15 is 0 Å². The van der Waals surface area contributed by atoms with Crippen molar-refractivity contribution in [3.8, 4) is 0 Å². The van der Waals surface area contributed by atoms with Crippen LogP contribution in [0.1, 0.15) is 32.3 Å². The van der Waals surface area contributed by atoms with Gasteiger partial charge in [-0.1, -0.05) is 37.1 Å². The van der Waals surface area contributed by atoms with Crippen molar-refractivity contribution in [2.75, 3.05) is 19.6 Å². The number of nitrogens with zero attached hydrogens (tertiary/aromatic N) is 2. The minimum Gasteiger partial charge on any atom is -0.335 e. The molecule has 1 aliphatic rings. The summed E-state index contributed by atoms with van der Waals surface area (Å²) in [6, 6.07) is 7.44. The second kappa shape index (κ2) is 8.70. The van der Waals surface area contributed by atoms with E-state index in [1.807, 2.05) is 31.2 Å². The summed E-state index contributed by atoms with van der Waals surface area (Å²) < 4.78 is 0. The van der Waals surface area contributed by atoms with Gasteiger partial charge in [0.1, 0.15) is 0 Å². The van der Waals surface area contributed by atoms with Gasteiger partial charge in [0.15, 0.2) is 0 Å². The van der Waals surface area contributed by atoms with Crippen molar-refractivity contribution < 1.29 is 9.59 Å². The highest BCUT2D eigenvalue weighted by molar-refractivity contribution is 6.30. The number of carbonyl (C=O) groups excluding carboxylic acids is 2. The summed E-state index contributed by atoms with van der Waals surface area (Å²) >= 11 is 5.87. The molecule has 0 saturated carbocycles. The van der Waals surface area contributed by atoms with Crippen LogP contribution in [0.5, 0.6) is 0 Å². The average molecular weight is 374 g/mol. The van der Waals surface area contributed by atoms with Crippen molar-refractivity contribution in [2.24, 2.45) is 5.73 Å². The molecule has 2 amide bonds. The molecule has 0 aliphatic carbocycles. The number of amides is 2. The van der Waals surface area contributed by atoms with Crippen molar-refractivity contribution in [3.63, 3.8) is 0 Å². The molecular weight excluding hydrogens is 349 g/mol. The lowest BCUT2D eigenvalue weighted by molar-refractivity contribution is -0.148. The minimum absolute atomic E-state index is 0. The Balaban J connectivity index is 0.00000288. The Morgan fingerprint density at radius 2 is 1.92 bits per heavy atom. The molecule has 1 heterocycles. The van der Waals surface area contributed by atoms with Crippen LogP contribution < -0.4 is 5.73 Å². The number of rotatable bonds is 5. The van der Waals surface area contributed by atoms with Crippen molar-refractivity contribution >= 4 is 35.8 Å². The van der Waals surface area contributed by atoms with E-state index in [4.69, 9.17) is 17.3 Å². The maximum Gasteiger partial charge on any atom is 0.242 e. The van der Waals surface area contributed by atoms with Gasteiger partial charge in [0.05, 0.1) is 12.1 Å². The number of hydrogen-bond donors (Lipinski definition) is 1. The van der Waals surface area contributed by atoms with Crippen LogP contribution in [0.4, 0.5) is 0 Å². The summed E-state index contributed by atoms with van der Waals surface area (Å²) in [4.78, 5) is 28.1. The van der Waals surface area contributed by atoms with Gasteiger partial charge in [-0.05, 0) is 31.0 Å². The lowest BCUT2D eigenvalue weighted by atomic mass is 9.95. The maximum atomic E-state index is 12.5. The number of carbonyl (C=O) groups is 2. The van der Waals surface area contributed by atoms with Gasteiger partial charge < -0.3 is 15.5 Å². The SMILES string of the molecule is CCCC(C)(N)C(=O)N1CCN(Cc2ccc(Cl)cc2)C(=O)C1.Cl. The molecule has 0 aromatic heterocycles. The fourth-order valence-corrected chi connectivity index (χ4v) is 2.97. The van der Waals surface area contributed by atoms with Gasteiger partial charge in [0.25, 0.3) is 0 Å². The van der Waals surface area contributed by atoms with Gasteiger partial charge in [-0.25, -0.2) is 0 Å². The number of hydrogen-bond acceptors (Lipinski definition) is 3. The Morgan fingerprint density at radius 1 is 1.29 bits per heavy atom. The molecule has 1 aliphatic heterocycles. The molecule has 1 atom stereocenters. The first-order valence-corrected chi connectivity index (χ1v) is 8.32. The van der Waals surface area contributed by atoms with Crippen LogP contribution in [0.3, 0.4) is 0 Å². The van der Waals surface area contributed by atoms with E-state index in [2.05, 4.69) is 0 Å². The van der Waals surface area contributed by atoms with E-state index in [1.165, 1.54) is 0 Å². The first-order chi connectivity index (χ1) is 10.8. The lowest BCUT2D eigenvalue weighted by Gasteiger charge is -2.38. The smallest absolute Gasteiger partial charge is 0.242 e. The van der Waals surface area contributed by atoms with E-state index in [0.717, 1.165) is 12.0 Å². The van der Waals surface area contributed by atoms with Crippen molar-refractivity contribution in [1.82, 2.24) is 9.80 Å². The summed E-state index contributed by atoms with van der Waals surface area (Å²) in [6.07, 6.45) is 1.45. The molecule has 1 aromatic rings. The fourth-order valence-electron chi connectivity index (χ4n) is 2.85. The van der Waals surface area contributed by atoms with Gasteiger partial charge in [-0.15, -0.1) is 12.4 Å². The zero-order valence-corrected chi connectivity index (χ0v) is 15.7. The predicted molar refractivity (Wildman–Crippen MR) is 98.2 cm³/mol. The third-order valence-corrected chi connectivity index (χ3v) is 4.40. The summed E-state index contributed by atoms with van der Waals surface area (Å²) in [5.41, 5.74) is 6.22. The number of benzene rings is 1. The molecular formula is C17H25Cl2N3O2. The average Bonchev–Trinajstić information content (AvgIpc) is 2.50. The van der Waals surface area contributed by atoms with E-state index in [1.54, 1.807) is 16.7 Å². The maximum absolute atomic E-state index is 12.5. The standard InChI is InChI=1S/C17H24ClN3O2.ClH/c1-3-8-17(2,19)16(23)21-10-9-20(15(22)12-21)11-13-4-6-14(18)7-5-13;/h4-7H,3,8-12,19H2,1-2H3;1H. The van der Waals surface area contributed by atoms with Crippen molar-refractivity contribution in [1.29, 1.82) is 0 Å². The molecule has 1 unspecified atom stereocenters. The third kappa shape index (κ3) is 5.10. The zero-order chi connectivity index (χ0) is 17.0. The molecule has 1 saturated heterocycles. The third-order valence-electron chi connectivity index (χ3n) is 4.15. The molecule has 0 radical (unpaired) electrons. The minimum atomic E-state index is -0.895. The number of piperazine rings is 1. The molecule has 1 aromatic carbocycles. The molecule has 2 N–H and O–H groups in total. The Morgan fingerprint density at radius 3 is 2.46 bits per heavy atom. The molecule has 0 bridgehead atoms. The lowest BCUT2D eigenvalue weighted by Crippen LogP contribution is -2.59. The highest BCUT2D eigenvalue weighted by Crippen LogP contribution is 2.17. The fraction of sp³-hybridized carbons (Fsp3) is 0.529. The van der Waals surface area contributed by atoms with Crippen LogP contribution in [-0.2, 0) is 16.1 Å². The van der Waals surface area contributed by atoms with Crippen LogP contribution in [0.25, 0.3) is 0 Å². The molecule has 5 nitrogen and oxygen atoms in total. The highest BCUT2D eigenvalue weighted by atomic mass is 35.5. The Bertz CT molecular complexity index is 576. The Labute approximate surface area is 154 Å². The van der Waals surface area contributed by atoms with Gasteiger partial charge in [0, 0.05) is 24.7 Å². The molecule has 2 rings (SSSR count). The molecule has 0 spiro atoms. The number of halogens is 2. The van der Waals surface area contributed by atoms with E-state index in [9.17, 15) is 9.59 Å².